The number of hydrogen-bond acceptors (Lipinski definition) is 3. The van der Waals surface area contributed by atoms with Crippen LogP contribution in [0.25, 0.3) is 0 Å². The van der Waals surface area contributed by atoms with Crippen LogP contribution in [0.4, 0.5) is 4.39 Å². The Hall–Kier alpha value is -1.47. The van der Waals surface area contributed by atoms with E-state index in [1.54, 1.807) is 6.07 Å². The van der Waals surface area contributed by atoms with Gasteiger partial charge in [0, 0.05) is 11.0 Å². The van der Waals surface area contributed by atoms with E-state index < -0.39 is 5.91 Å². The molecule has 0 fully saturated rings. The molecule has 0 atom stereocenters. The molecule has 0 aliphatic carbocycles. The first-order chi connectivity index (χ1) is 8.52. The summed E-state index contributed by atoms with van der Waals surface area (Å²) in [4.78, 5) is 22.2. The van der Waals surface area contributed by atoms with E-state index in [9.17, 15) is 14.0 Å². The van der Waals surface area contributed by atoms with Crippen LogP contribution >= 0.6 is 15.9 Å². The lowest BCUT2D eigenvalue weighted by Gasteiger charge is -2.08. The van der Waals surface area contributed by atoms with Crippen LogP contribution in [0.5, 0.6) is 0 Å². The van der Waals surface area contributed by atoms with E-state index in [1.807, 2.05) is 0 Å². The van der Waals surface area contributed by atoms with Crippen LogP contribution in [0.3, 0.4) is 0 Å². The highest BCUT2D eigenvalue weighted by molar-refractivity contribution is 9.10. The van der Waals surface area contributed by atoms with Gasteiger partial charge in [0.2, 0.25) is 11.8 Å². The molecule has 0 heterocycles. The Morgan fingerprint density at radius 2 is 2.00 bits per heavy atom. The molecule has 0 spiro atoms. The second kappa shape index (κ2) is 7.07. The van der Waals surface area contributed by atoms with Crippen molar-refractivity contribution in [2.75, 3.05) is 13.1 Å². The normalized spacial score (nSPS) is 9.94. The molecule has 1 aromatic carbocycles. The van der Waals surface area contributed by atoms with Crippen LogP contribution in [-0.2, 0) is 16.1 Å². The SMILES string of the molecule is NCC(=O)NCC(=O)NCc1ccc(F)cc1Br. The lowest BCUT2D eigenvalue weighted by atomic mass is 10.2. The number of amides is 2. The maximum atomic E-state index is 12.8. The maximum absolute atomic E-state index is 12.8. The van der Waals surface area contributed by atoms with Gasteiger partial charge in [-0.25, -0.2) is 4.39 Å². The van der Waals surface area contributed by atoms with E-state index >= 15 is 0 Å². The molecule has 1 rings (SSSR count). The van der Waals surface area contributed by atoms with Gasteiger partial charge in [-0.2, -0.15) is 0 Å². The van der Waals surface area contributed by atoms with Gasteiger partial charge in [-0.15, -0.1) is 0 Å². The molecule has 0 saturated heterocycles. The molecule has 7 heteroatoms. The molecule has 0 saturated carbocycles. The molecule has 4 N–H and O–H groups in total. The van der Waals surface area contributed by atoms with Crippen molar-refractivity contribution in [1.29, 1.82) is 0 Å². The summed E-state index contributed by atoms with van der Waals surface area (Å²) < 4.78 is 13.4. The van der Waals surface area contributed by atoms with Crippen molar-refractivity contribution in [1.82, 2.24) is 10.6 Å². The van der Waals surface area contributed by atoms with Gasteiger partial charge < -0.3 is 16.4 Å². The minimum atomic E-state index is -0.395. The first-order valence-electron chi connectivity index (χ1n) is 5.20. The van der Waals surface area contributed by atoms with Crippen molar-refractivity contribution < 1.29 is 14.0 Å². The number of hydrogen-bond donors (Lipinski definition) is 3. The predicted molar refractivity (Wildman–Crippen MR) is 68.0 cm³/mol. The third-order valence-corrected chi connectivity index (χ3v) is 2.86. The van der Waals surface area contributed by atoms with Crippen molar-refractivity contribution in [3.05, 3.63) is 34.1 Å². The van der Waals surface area contributed by atoms with E-state index in [0.717, 1.165) is 5.56 Å². The van der Waals surface area contributed by atoms with Crippen LogP contribution in [0.2, 0.25) is 0 Å². The number of nitrogens with one attached hydrogen (secondary N) is 2. The fourth-order valence-electron chi connectivity index (χ4n) is 1.17. The zero-order valence-electron chi connectivity index (χ0n) is 9.50. The van der Waals surface area contributed by atoms with Gasteiger partial charge in [-0.1, -0.05) is 22.0 Å². The number of halogens is 2. The van der Waals surface area contributed by atoms with E-state index in [-0.39, 0.29) is 31.4 Å². The fourth-order valence-corrected chi connectivity index (χ4v) is 1.66. The standard InChI is InChI=1S/C11H13BrFN3O2/c12-9-3-8(13)2-1-7(9)5-15-11(18)6-16-10(17)4-14/h1-3H,4-6,14H2,(H,15,18)(H,16,17). The summed E-state index contributed by atoms with van der Waals surface area (Å²) in [5.74, 6) is -1.09. The molecule has 2 amide bonds. The van der Waals surface area contributed by atoms with Gasteiger partial charge >= 0.3 is 0 Å². The summed E-state index contributed by atoms with van der Waals surface area (Å²) >= 11 is 3.19. The number of carbonyl (C=O) groups excluding carboxylic acids is 2. The van der Waals surface area contributed by atoms with Gasteiger partial charge in [-0.3, -0.25) is 9.59 Å². The highest BCUT2D eigenvalue weighted by Crippen LogP contribution is 2.17. The molecule has 0 bridgehead atoms. The molecule has 1 aromatic rings. The Morgan fingerprint density at radius 1 is 1.28 bits per heavy atom. The molecule has 0 radical (unpaired) electrons. The second-order valence-electron chi connectivity index (χ2n) is 3.49. The lowest BCUT2D eigenvalue weighted by molar-refractivity contribution is -0.125. The Balaban J connectivity index is 2.40. The average Bonchev–Trinajstić information content (AvgIpc) is 2.34. The summed E-state index contributed by atoms with van der Waals surface area (Å²) in [6.45, 7) is -0.0379. The fraction of sp³-hybridized carbons (Fsp3) is 0.273. The summed E-state index contributed by atoms with van der Waals surface area (Å²) in [5, 5.41) is 4.94. The molecule has 18 heavy (non-hydrogen) atoms. The van der Waals surface area contributed by atoms with E-state index in [2.05, 4.69) is 26.6 Å². The van der Waals surface area contributed by atoms with Crippen molar-refractivity contribution in [2.45, 2.75) is 6.54 Å². The molecular formula is C11H13BrFN3O2. The quantitative estimate of drug-likeness (QED) is 0.729. The predicted octanol–water partition coefficient (Wildman–Crippen LogP) is 0.279. The number of rotatable bonds is 5. The topological polar surface area (TPSA) is 84.2 Å². The van der Waals surface area contributed by atoms with Crippen LogP contribution in [-0.4, -0.2) is 24.9 Å². The maximum Gasteiger partial charge on any atom is 0.239 e. The summed E-state index contributed by atoms with van der Waals surface area (Å²) in [7, 11) is 0. The second-order valence-corrected chi connectivity index (χ2v) is 4.35. The average molecular weight is 318 g/mol. The minimum Gasteiger partial charge on any atom is -0.350 e. The molecule has 98 valence electrons. The Morgan fingerprint density at radius 3 is 2.61 bits per heavy atom. The first-order valence-corrected chi connectivity index (χ1v) is 5.99. The van der Waals surface area contributed by atoms with Crippen LogP contribution in [0.1, 0.15) is 5.56 Å². The van der Waals surface area contributed by atoms with Gasteiger partial charge in [-0.05, 0) is 17.7 Å². The molecule has 5 nitrogen and oxygen atoms in total. The van der Waals surface area contributed by atoms with Gasteiger partial charge in [0.25, 0.3) is 0 Å². The van der Waals surface area contributed by atoms with Gasteiger partial charge in [0.1, 0.15) is 5.82 Å². The Labute approximate surface area is 112 Å². The molecule has 0 aliphatic rings. The third kappa shape index (κ3) is 4.80. The van der Waals surface area contributed by atoms with Crippen molar-refractivity contribution in [3.8, 4) is 0 Å². The highest BCUT2D eigenvalue weighted by atomic mass is 79.9. The molecular weight excluding hydrogens is 305 g/mol. The van der Waals surface area contributed by atoms with Crippen molar-refractivity contribution >= 4 is 27.7 Å². The molecule has 0 aromatic heterocycles. The Kier molecular flexibility index (Phi) is 5.73. The van der Waals surface area contributed by atoms with Gasteiger partial charge in [0.15, 0.2) is 0 Å². The van der Waals surface area contributed by atoms with Crippen LogP contribution in [0.15, 0.2) is 22.7 Å². The Bertz CT molecular complexity index is 454. The third-order valence-electron chi connectivity index (χ3n) is 2.12. The number of benzene rings is 1. The number of carbonyl (C=O) groups is 2. The molecule has 0 aliphatic heterocycles. The van der Waals surface area contributed by atoms with Gasteiger partial charge in [0.05, 0.1) is 13.1 Å². The highest BCUT2D eigenvalue weighted by Gasteiger charge is 2.06. The largest absolute Gasteiger partial charge is 0.350 e. The number of nitrogens with two attached hydrogens (primary N) is 1. The van der Waals surface area contributed by atoms with Crippen LogP contribution in [0, 0.1) is 5.82 Å². The van der Waals surface area contributed by atoms with Crippen molar-refractivity contribution in [3.63, 3.8) is 0 Å². The molecule has 0 unspecified atom stereocenters. The van der Waals surface area contributed by atoms with E-state index in [1.165, 1.54) is 12.1 Å². The lowest BCUT2D eigenvalue weighted by Crippen LogP contribution is -2.39. The summed E-state index contributed by atoms with van der Waals surface area (Å²) in [6, 6.07) is 4.19. The zero-order chi connectivity index (χ0) is 13.5. The smallest absolute Gasteiger partial charge is 0.239 e. The van der Waals surface area contributed by atoms with E-state index in [4.69, 9.17) is 5.73 Å². The minimum absolute atomic E-state index is 0.130. The first kappa shape index (κ1) is 14.6. The van der Waals surface area contributed by atoms with Crippen molar-refractivity contribution in [2.24, 2.45) is 5.73 Å². The summed E-state index contributed by atoms with van der Waals surface area (Å²) in [6.07, 6.45) is 0. The van der Waals surface area contributed by atoms with Crippen LogP contribution < -0.4 is 16.4 Å². The monoisotopic (exact) mass is 317 g/mol. The summed E-state index contributed by atoms with van der Waals surface area (Å²) in [5.41, 5.74) is 5.82. The zero-order valence-corrected chi connectivity index (χ0v) is 11.1. The van der Waals surface area contributed by atoms with E-state index in [0.29, 0.717) is 4.47 Å².